The zero-order valence-corrected chi connectivity index (χ0v) is 10.7. The maximum atomic E-state index is 11.9. The molecule has 92 valence electrons. The van der Waals surface area contributed by atoms with Crippen molar-refractivity contribution in [1.82, 2.24) is 4.98 Å². The second-order valence-electron chi connectivity index (χ2n) is 4.44. The van der Waals surface area contributed by atoms with Crippen LogP contribution in [-0.2, 0) is 15.6 Å². The second-order valence-corrected chi connectivity index (χ2v) is 7.00. The largest absolute Gasteiger partial charge is 0.398 e. The molecule has 0 amide bonds. The van der Waals surface area contributed by atoms with Crippen molar-refractivity contribution in [2.45, 2.75) is 24.9 Å². The zero-order valence-electron chi connectivity index (χ0n) is 9.90. The van der Waals surface area contributed by atoms with Crippen molar-refractivity contribution in [3.05, 3.63) is 30.0 Å². The molecule has 5 heteroatoms. The van der Waals surface area contributed by atoms with E-state index in [1.807, 2.05) is 12.1 Å². The Hall–Kier alpha value is -1.49. The van der Waals surface area contributed by atoms with E-state index in [2.05, 4.69) is 4.98 Å². The van der Waals surface area contributed by atoms with Crippen molar-refractivity contribution in [2.75, 3.05) is 5.73 Å². The van der Waals surface area contributed by atoms with Crippen LogP contribution in [0.25, 0.3) is 10.9 Å². The van der Waals surface area contributed by atoms with Crippen molar-refractivity contribution in [3.63, 3.8) is 0 Å². The summed E-state index contributed by atoms with van der Waals surface area (Å²) < 4.78 is 23.8. The van der Waals surface area contributed by atoms with E-state index in [1.54, 1.807) is 26.1 Å². The molecule has 0 atom stereocenters. The molecule has 0 unspecified atom stereocenters. The van der Waals surface area contributed by atoms with Gasteiger partial charge in [-0.15, -0.1) is 0 Å². The van der Waals surface area contributed by atoms with E-state index >= 15 is 0 Å². The number of sulfone groups is 1. The minimum absolute atomic E-state index is 0.0267. The van der Waals surface area contributed by atoms with E-state index in [-0.39, 0.29) is 11.0 Å². The molecule has 17 heavy (non-hydrogen) atoms. The van der Waals surface area contributed by atoms with Crippen molar-refractivity contribution < 1.29 is 8.42 Å². The monoisotopic (exact) mass is 252 g/mol. The fourth-order valence-corrected chi connectivity index (χ4v) is 2.78. The van der Waals surface area contributed by atoms with Crippen LogP contribution in [0.4, 0.5) is 5.69 Å². The van der Waals surface area contributed by atoms with E-state index in [4.69, 9.17) is 5.73 Å². The third-order valence-electron chi connectivity index (χ3n) is 2.89. The van der Waals surface area contributed by atoms with Gasteiger partial charge in [0.05, 0.1) is 11.0 Å². The van der Waals surface area contributed by atoms with Crippen LogP contribution in [0.3, 0.4) is 0 Å². The lowest BCUT2D eigenvalue weighted by atomic mass is 10.1. The van der Waals surface area contributed by atoms with Gasteiger partial charge in [-0.25, -0.2) is 8.42 Å². The SMILES string of the molecule is CC(C)S(=O)(=O)Cc1c[nH]c2cccc(N)c12. The molecule has 3 N–H and O–H groups in total. The van der Waals surface area contributed by atoms with Gasteiger partial charge in [-0.1, -0.05) is 6.07 Å². The Labute approximate surface area is 101 Å². The molecule has 0 fully saturated rings. The molecule has 2 rings (SSSR count). The van der Waals surface area contributed by atoms with Gasteiger partial charge in [0.1, 0.15) is 0 Å². The Balaban J connectivity index is 2.51. The highest BCUT2D eigenvalue weighted by Crippen LogP contribution is 2.26. The van der Waals surface area contributed by atoms with Crippen LogP contribution in [0.1, 0.15) is 19.4 Å². The topological polar surface area (TPSA) is 76.0 Å². The zero-order chi connectivity index (χ0) is 12.6. The van der Waals surface area contributed by atoms with Crippen molar-refractivity contribution in [1.29, 1.82) is 0 Å². The van der Waals surface area contributed by atoms with Crippen LogP contribution >= 0.6 is 0 Å². The lowest BCUT2D eigenvalue weighted by molar-refractivity contribution is 0.586. The number of rotatable bonds is 3. The van der Waals surface area contributed by atoms with E-state index in [0.29, 0.717) is 5.69 Å². The third kappa shape index (κ3) is 2.15. The fraction of sp³-hybridized carbons (Fsp3) is 0.333. The number of fused-ring (bicyclic) bond motifs is 1. The molecule has 0 radical (unpaired) electrons. The first-order chi connectivity index (χ1) is 7.92. The summed E-state index contributed by atoms with van der Waals surface area (Å²) >= 11 is 0. The highest BCUT2D eigenvalue weighted by atomic mass is 32.2. The van der Waals surface area contributed by atoms with Gasteiger partial charge in [0.15, 0.2) is 9.84 Å². The number of nitrogens with one attached hydrogen (secondary N) is 1. The van der Waals surface area contributed by atoms with Gasteiger partial charge in [-0.05, 0) is 31.5 Å². The summed E-state index contributed by atoms with van der Waals surface area (Å²) in [5.74, 6) is 0.0267. The molecule has 0 aliphatic rings. The van der Waals surface area contributed by atoms with Gasteiger partial charge in [-0.3, -0.25) is 0 Å². The highest BCUT2D eigenvalue weighted by Gasteiger charge is 2.19. The Bertz CT molecular complexity index is 642. The Morgan fingerprint density at radius 2 is 2.06 bits per heavy atom. The van der Waals surface area contributed by atoms with Crippen LogP contribution in [0.15, 0.2) is 24.4 Å². The first-order valence-corrected chi connectivity index (χ1v) is 7.19. The maximum Gasteiger partial charge on any atom is 0.156 e. The summed E-state index contributed by atoms with van der Waals surface area (Å²) in [5.41, 5.74) is 8.11. The Morgan fingerprint density at radius 3 is 2.71 bits per heavy atom. The predicted octanol–water partition coefficient (Wildman–Crippen LogP) is 2.07. The smallest absolute Gasteiger partial charge is 0.156 e. The fourth-order valence-electron chi connectivity index (χ4n) is 1.78. The van der Waals surface area contributed by atoms with Gasteiger partial charge in [0, 0.05) is 22.8 Å². The summed E-state index contributed by atoms with van der Waals surface area (Å²) in [6.07, 6.45) is 1.72. The van der Waals surface area contributed by atoms with Crippen molar-refractivity contribution in [2.24, 2.45) is 0 Å². The number of benzene rings is 1. The lowest BCUT2D eigenvalue weighted by Crippen LogP contribution is -2.15. The second kappa shape index (κ2) is 4.07. The first kappa shape index (κ1) is 12.0. The summed E-state index contributed by atoms with van der Waals surface area (Å²) in [6, 6.07) is 5.51. The Kier molecular flexibility index (Phi) is 2.87. The van der Waals surface area contributed by atoms with Gasteiger partial charge in [-0.2, -0.15) is 0 Å². The maximum absolute atomic E-state index is 11.9. The molecule has 0 bridgehead atoms. The van der Waals surface area contributed by atoms with E-state index < -0.39 is 9.84 Å². The molecule has 1 aromatic carbocycles. The minimum atomic E-state index is -3.10. The van der Waals surface area contributed by atoms with Crippen LogP contribution in [0, 0.1) is 0 Å². The Morgan fingerprint density at radius 1 is 1.35 bits per heavy atom. The molecule has 0 saturated carbocycles. The van der Waals surface area contributed by atoms with E-state index in [0.717, 1.165) is 16.5 Å². The molecular weight excluding hydrogens is 236 g/mol. The number of nitrogens with two attached hydrogens (primary N) is 1. The van der Waals surface area contributed by atoms with Crippen LogP contribution in [0.2, 0.25) is 0 Å². The summed E-state index contributed by atoms with van der Waals surface area (Å²) in [6.45, 7) is 3.38. The molecule has 0 aliphatic heterocycles. The molecule has 4 nitrogen and oxygen atoms in total. The molecule has 1 heterocycles. The lowest BCUT2D eigenvalue weighted by Gasteiger charge is -2.07. The number of anilines is 1. The van der Waals surface area contributed by atoms with E-state index in [9.17, 15) is 8.42 Å². The van der Waals surface area contributed by atoms with Crippen LogP contribution in [-0.4, -0.2) is 18.7 Å². The van der Waals surface area contributed by atoms with Crippen molar-refractivity contribution in [3.8, 4) is 0 Å². The standard InChI is InChI=1S/C12H16N2O2S/c1-8(2)17(15,16)7-9-6-14-11-5-3-4-10(13)12(9)11/h3-6,8,14H,7,13H2,1-2H3. The molecule has 0 aliphatic carbocycles. The van der Waals surface area contributed by atoms with E-state index in [1.165, 1.54) is 0 Å². The average Bonchev–Trinajstić information content (AvgIpc) is 2.62. The van der Waals surface area contributed by atoms with Crippen LogP contribution in [0.5, 0.6) is 0 Å². The van der Waals surface area contributed by atoms with Crippen molar-refractivity contribution >= 4 is 26.4 Å². The number of H-pyrrole nitrogens is 1. The molecular formula is C12H16N2O2S. The van der Waals surface area contributed by atoms with Gasteiger partial charge in [0.2, 0.25) is 0 Å². The number of nitrogen functional groups attached to an aromatic ring is 1. The van der Waals surface area contributed by atoms with Gasteiger partial charge < -0.3 is 10.7 Å². The molecule has 0 saturated heterocycles. The van der Waals surface area contributed by atoms with Crippen LogP contribution < -0.4 is 5.73 Å². The molecule has 0 spiro atoms. The molecule has 1 aromatic heterocycles. The first-order valence-electron chi connectivity index (χ1n) is 5.48. The van der Waals surface area contributed by atoms with Gasteiger partial charge in [0.25, 0.3) is 0 Å². The van der Waals surface area contributed by atoms with Gasteiger partial charge >= 0.3 is 0 Å². The highest BCUT2D eigenvalue weighted by molar-refractivity contribution is 7.91. The minimum Gasteiger partial charge on any atom is -0.398 e. The number of aromatic amines is 1. The normalized spacial score (nSPS) is 12.4. The number of aromatic nitrogens is 1. The summed E-state index contributed by atoms with van der Waals surface area (Å²) in [7, 11) is -3.10. The average molecular weight is 252 g/mol. The predicted molar refractivity (Wildman–Crippen MR) is 70.5 cm³/mol. The molecule has 2 aromatic rings. The quantitative estimate of drug-likeness (QED) is 0.821. The summed E-state index contributed by atoms with van der Waals surface area (Å²) in [5, 5.41) is 0.439. The number of hydrogen-bond acceptors (Lipinski definition) is 3. The third-order valence-corrected chi connectivity index (χ3v) is 5.04. The number of hydrogen-bond donors (Lipinski definition) is 2. The summed E-state index contributed by atoms with van der Waals surface area (Å²) in [4.78, 5) is 3.05.